The van der Waals surface area contributed by atoms with Gasteiger partial charge in [-0.3, -0.25) is 19.2 Å². The Hall–Kier alpha value is -4.39. The van der Waals surface area contributed by atoms with E-state index in [9.17, 15) is 19.2 Å². The molecule has 0 saturated heterocycles. The predicted octanol–water partition coefficient (Wildman–Crippen LogP) is 2.92. The van der Waals surface area contributed by atoms with Crippen molar-refractivity contribution in [2.24, 2.45) is 34.4 Å². The van der Waals surface area contributed by atoms with Gasteiger partial charge in [0.2, 0.25) is 11.8 Å². The SMILES string of the molecule is CC[C@@H](C(N)=O)[C@@H](C)C#Cc1[nH]c(/C=c2\[nH]/c(=C/C3=NC(=O)[C@H](CC)[C@H]3C)c(C)c2CCC(=O)OC)c(CCC(=O)OC)c1C. The van der Waals surface area contributed by atoms with Crippen LogP contribution in [-0.4, -0.2) is 53.7 Å². The van der Waals surface area contributed by atoms with Gasteiger partial charge >= 0.3 is 11.9 Å². The normalized spacial score (nSPS) is 18.3. The number of methoxy groups -OCH3 is 2. The lowest BCUT2D eigenvalue weighted by Crippen LogP contribution is -2.27. The third-order valence-corrected chi connectivity index (χ3v) is 8.96. The fraction of sp³-hybridized carbons (Fsp3) is 0.514. The Balaban J connectivity index is 2.21. The summed E-state index contributed by atoms with van der Waals surface area (Å²) >= 11 is 0. The number of ether oxygens (including phenoxy) is 2. The van der Waals surface area contributed by atoms with Gasteiger partial charge in [0.05, 0.1) is 25.8 Å². The molecule has 1 aliphatic rings. The molecule has 0 bridgehead atoms. The van der Waals surface area contributed by atoms with Crippen LogP contribution in [0.1, 0.15) is 87.0 Å². The van der Waals surface area contributed by atoms with Gasteiger partial charge in [-0.2, -0.15) is 0 Å². The molecule has 4 N–H and O–H groups in total. The number of amides is 2. The summed E-state index contributed by atoms with van der Waals surface area (Å²) in [7, 11) is 2.73. The van der Waals surface area contributed by atoms with Gasteiger partial charge in [0, 0.05) is 52.7 Å². The van der Waals surface area contributed by atoms with Crippen molar-refractivity contribution in [2.75, 3.05) is 14.2 Å². The number of primary amides is 1. The highest BCUT2D eigenvalue weighted by Gasteiger charge is 2.32. The van der Waals surface area contributed by atoms with Gasteiger partial charge in [0.25, 0.3) is 0 Å². The van der Waals surface area contributed by atoms with Gasteiger partial charge in [0.1, 0.15) is 0 Å². The number of carbonyl (C=O) groups is 4. The van der Waals surface area contributed by atoms with E-state index in [4.69, 9.17) is 15.2 Å². The first-order chi connectivity index (χ1) is 21.4. The topological polar surface area (TPSA) is 157 Å². The van der Waals surface area contributed by atoms with Crippen LogP contribution in [0.3, 0.4) is 0 Å². The Bertz CT molecular complexity index is 1670. The van der Waals surface area contributed by atoms with E-state index in [0.29, 0.717) is 25.0 Å². The summed E-state index contributed by atoms with van der Waals surface area (Å²) in [5, 5.41) is 1.59. The minimum Gasteiger partial charge on any atom is -0.469 e. The van der Waals surface area contributed by atoms with Crippen molar-refractivity contribution in [1.82, 2.24) is 9.97 Å². The summed E-state index contributed by atoms with van der Waals surface area (Å²) in [6.07, 6.45) is 6.42. The Morgan fingerprint density at radius 2 is 1.60 bits per heavy atom. The van der Waals surface area contributed by atoms with E-state index in [-0.39, 0.29) is 60.3 Å². The predicted molar refractivity (Wildman–Crippen MR) is 173 cm³/mol. The Kier molecular flexibility index (Phi) is 12.1. The number of nitrogens with one attached hydrogen (secondary N) is 2. The molecule has 0 unspecified atom stereocenters. The second kappa shape index (κ2) is 15.6. The molecule has 4 atom stereocenters. The monoisotopic (exact) mass is 618 g/mol. The van der Waals surface area contributed by atoms with Crippen molar-refractivity contribution >= 4 is 41.6 Å². The fourth-order valence-corrected chi connectivity index (χ4v) is 5.96. The lowest BCUT2D eigenvalue weighted by atomic mass is 9.90. The minimum absolute atomic E-state index is 0.00229. The molecule has 0 aromatic carbocycles. The molecule has 0 saturated carbocycles. The van der Waals surface area contributed by atoms with Crippen LogP contribution in [0.4, 0.5) is 0 Å². The van der Waals surface area contributed by atoms with Crippen molar-refractivity contribution in [3.63, 3.8) is 0 Å². The van der Waals surface area contributed by atoms with Crippen LogP contribution in [0.5, 0.6) is 0 Å². The first-order valence-corrected chi connectivity index (χ1v) is 15.6. The number of aromatic nitrogens is 2. The molecule has 3 rings (SSSR count). The van der Waals surface area contributed by atoms with E-state index in [1.165, 1.54) is 14.2 Å². The maximum Gasteiger partial charge on any atom is 0.305 e. The quantitative estimate of drug-likeness (QED) is 0.245. The van der Waals surface area contributed by atoms with Crippen LogP contribution >= 0.6 is 0 Å². The van der Waals surface area contributed by atoms with Crippen molar-refractivity contribution < 1.29 is 28.7 Å². The molecular formula is C35H46N4O6. The first kappa shape index (κ1) is 35.1. The lowest BCUT2D eigenvalue weighted by molar-refractivity contribution is -0.141. The van der Waals surface area contributed by atoms with Crippen LogP contribution in [0.2, 0.25) is 0 Å². The Morgan fingerprint density at radius 1 is 0.978 bits per heavy atom. The average molecular weight is 619 g/mol. The Labute approximate surface area is 264 Å². The van der Waals surface area contributed by atoms with Crippen molar-refractivity contribution in [3.8, 4) is 11.8 Å². The molecule has 10 heteroatoms. The number of H-pyrrole nitrogens is 2. The van der Waals surface area contributed by atoms with Crippen molar-refractivity contribution in [1.29, 1.82) is 0 Å². The number of aromatic amines is 2. The van der Waals surface area contributed by atoms with E-state index in [1.807, 2.05) is 53.7 Å². The molecule has 3 heterocycles. The average Bonchev–Trinajstić information content (AvgIpc) is 3.57. The van der Waals surface area contributed by atoms with E-state index in [2.05, 4.69) is 26.8 Å². The van der Waals surface area contributed by atoms with E-state index in [1.54, 1.807) is 0 Å². The van der Waals surface area contributed by atoms with Crippen LogP contribution in [0.25, 0.3) is 12.2 Å². The maximum absolute atomic E-state index is 12.5. The molecule has 1 aliphatic heterocycles. The number of aliphatic imine (C=N–C) groups is 1. The van der Waals surface area contributed by atoms with Gasteiger partial charge in [-0.05, 0) is 79.9 Å². The molecular weight excluding hydrogens is 572 g/mol. The van der Waals surface area contributed by atoms with Crippen LogP contribution in [-0.2, 0) is 41.5 Å². The number of esters is 2. The highest BCUT2D eigenvalue weighted by molar-refractivity contribution is 6.20. The van der Waals surface area contributed by atoms with Gasteiger partial charge in [-0.15, -0.1) is 0 Å². The number of hydrogen-bond donors (Lipinski definition) is 3. The molecule has 0 spiro atoms. The summed E-state index contributed by atoms with van der Waals surface area (Å²) in [6.45, 7) is 11.7. The highest BCUT2D eigenvalue weighted by Crippen LogP contribution is 2.26. The highest BCUT2D eigenvalue weighted by atomic mass is 16.5. The second-order valence-corrected chi connectivity index (χ2v) is 11.7. The van der Waals surface area contributed by atoms with Gasteiger partial charge in [0.15, 0.2) is 0 Å². The third kappa shape index (κ3) is 8.21. The molecule has 0 fully saturated rings. The van der Waals surface area contributed by atoms with Gasteiger partial charge in [-0.1, -0.05) is 33.6 Å². The summed E-state index contributed by atoms with van der Waals surface area (Å²) in [5.41, 5.74) is 11.4. The first-order valence-electron chi connectivity index (χ1n) is 15.6. The van der Waals surface area contributed by atoms with E-state index in [0.717, 1.165) is 50.8 Å². The smallest absolute Gasteiger partial charge is 0.305 e. The minimum atomic E-state index is -0.378. The molecule has 45 heavy (non-hydrogen) atoms. The third-order valence-electron chi connectivity index (χ3n) is 8.96. The molecule has 10 nitrogen and oxygen atoms in total. The number of hydrogen-bond acceptors (Lipinski definition) is 6. The lowest BCUT2D eigenvalue weighted by Gasteiger charge is -2.13. The standard InChI is InChI=1S/C35H46N4O6/c1-9-23(34(36)42)19(3)11-14-27-21(5)25(12-15-32(40)44-7)30(37-27)18-31-26(13-16-33(41)45-8)22(6)28(38-31)17-29-20(4)24(10-2)35(43)39-29/h17-20,23-24,37-38H,9-10,12-13,15-16H2,1-8H3,(H2,36,42)/b28-17+,31-18-/t19-,20+,23+,24+/m0/s1. The number of nitrogens with two attached hydrogens (primary N) is 1. The molecule has 242 valence electrons. The van der Waals surface area contributed by atoms with Gasteiger partial charge < -0.3 is 25.2 Å². The summed E-state index contributed by atoms with van der Waals surface area (Å²) in [6, 6.07) is 0. The molecule has 2 aromatic rings. The van der Waals surface area contributed by atoms with Crippen molar-refractivity contribution in [3.05, 3.63) is 44.3 Å². The molecule has 0 radical (unpaired) electrons. The fourth-order valence-electron chi connectivity index (χ4n) is 5.96. The van der Waals surface area contributed by atoms with Crippen LogP contribution in [0, 0.1) is 49.4 Å². The number of nitrogens with zero attached hydrogens (tertiary/aromatic N) is 1. The summed E-state index contributed by atoms with van der Waals surface area (Å²) in [5.74, 6) is 4.53. The van der Waals surface area contributed by atoms with Gasteiger partial charge in [-0.25, -0.2) is 4.99 Å². The summed E-state index contributed by atoms with van der Waals surface area (Å²) < 4.78 is 9.80. The number of carbonyl (C=O) groups excluding carboxylic acids is 4. The Morgan fingerprint density at radius 3 is 2.13 bits per heavy atom. The maximum atomic E-state index is 12.5. The summed E-state index contributed by atoms with van der Waals surface area (Å²) in [4.78, 5) is 59.8. The number of rotatable bonds is 12. The van der Waals surface area contributed by atoms with Crippen LogP contribution < -0.4 is 16.4 Å². The zero-order valence-electron chi connectivity index (χ0n) is 27.7. The van der Waals surface area contributed by atoms with Crippen molar-refractivity contribution in [2.45, 2.75) is 80.1 Å². The zero-order valence-corrected chi connectivity index (χ0v) is 27.7. The second-order valence-electron chi connectivity index (χ2n) is 11.7. The molecule has 0 aliphatic carbocycles. The largest absolute Gasteiger partial charge is 0.469 e. The molecule has 2 aromatic heterocycles. The van der Waals surface area contributed by atoms with E-state index >= 15 is 0 Å². The van der Waals surface area contributed by atoms with E-state index < -0.39 is 0 Å². The molecule has 2 amide bonds. The van der Waals surface area contributed by atoms with Crippen LogP contribution in [0.15, 0.2) is 4.99 Å². The zero-order chi connectivity index (χ0) is 33.4.